The zero-order chi connectivity index (χ0) is 21.8. The summed E-state index contributed by atoms with van der Waals surface area (Å²) >= 11 is 0. The summed E-state index contributed by atoms with van der Waals surface area (Å²) in [5.41, 5.74) is 3.29. The van der Waals surface area contributed by atoms with Crippen LogP contribution >= 0.6 is 0 Å². The zero-order valence-corrected chi connectivity index (χ0v) is 18.1. The molecule has 4 rings (SSSR count). The molecule has 8 nitrogen and oxygen atoms in total. The molecule has 1 aromatic carbocycles. The lowest BCUT2D eigenvalue weighted by Crippen LogP contribution is -2.38. The molecular formula is C23H29N5O3. The summed E-state index contributed by atoms with van der Waals surface area (Å²) in [4.78, 5) is 21.7. The van der Waals surface area contributed by atoms with Crippen molar-refractivity contribution in [2.75, 3.05) is 39.9 Å². The van der Waals surface area contributed by atoms with Crippen LogP contribution in [0.25, 0.3) is 10.9 Å². The van der Waals surface area contributed by atoms with Gasteiger partial charge in [0.1, 0.15) is 6.10 Å². The number of hydrogen-bond acceptors (Lipinski definition) is 6. The summed E-state index contributed by atoms with van der Waals surface area (Å²) in [6.45, 7) is 6.08. The fourth-order valence-corrected chi connectivity index (χ4v) is 3.94. The maximum absolute atomic E-state index is 13.0. The standard InChI is InChI=1S/C23H29N5O3/c1-3-28-15-17(13-24-28)14-27-9-11-31-22(16-27)21-12-19(23(30)26(2)8-10-29)18-6-4-5-7-20(18)25-21/h4-7,12-13,15,22,29H,3,8-11,14,16H2,1-2H3. The molecule has 1 amide bonds. The van der Waals surface area contributed by atoms with Gasteiger partial charge in [0, 0.05) is 56.9 Å². The van der Waals surface area contributed by atoms with E-state index in [1.807, 2.05) is 41.2 Å². The number of rotatable bonds is 7. The lowest BCUT2D eigenvalue weighted by Gasteiger charge is -2.32. The molecule has 164 valence electrons. The molecule has 1 unspecified atom stereocenters. The van der Waals surface area contributed by atoms with E-state index in [9.17, 15) is 9.90 Å². The summed E-state index contributed by atoms with van der Waals surface area (Å²) < 4.78 is 7.99. The SMILES string of the molecule is CCn1cc(CN2CCOC(c3cc(C(=O)N(C)CCO)c4ccccc4n3)C2)cn1. The molecule has 2 aromatic heterocycles. The number of aliphatic hydroxyl groups is 1. The predicted octanol–water partition coefficient (Wildman–Crippen LogP) is 2.09. The largest absolute Gasteiger partial charge is 0.395 e. The minimum absolute atomic E-state index is 0.0760. The van der Waals surface area contributed by atoms with Crippen molar-refractivity contribution in [2.45, 2.75) is 26.1 Å². The molecule has 0 saturated carbocycles. The highest BCUT2D eigenvalue weighted by atomic mass is 16.5. The average molecular weight is 424 g/mol. The van der Waals surface area contributed by atoms with Crippen molar-refractivity contribution in [3.8, 4) is 0 Å². The number of hydrogen-bond donors (Lipinski definition) is 1. The first kappa shape index (κ1) is 21.4. The average Bonchev–Trinajstić information content (AvgIpc) is 3.25. The molecular weight excluding hydrogens is 394 g/mol. The van der Waals surface area contributed by atoms with Gasteiger partial charge in [-0.3, -0.25) is 14.4 Å². The van der Waals surface area contributed by atoms with Crippen molar-refractivity contribution in [2.24, 2.45) is 0 Å². The summed E-state index contributed by atoms with van der Waals surface area (Å²) in [6, 6.07) is 9.50. The van der Waals surface area contributed by atoms with E-state index >= 15 is 0 Å². The minimum atomic E-state index is -0.214. The van der Waals surface area contributed by atoms with Crippen molar-refractivity contribution in [1.82, 2.24) is 24.6 Å². The first-order chi connectivity index (χ1) is 15.1. The predicted molar refractivity (Wildman–Crippen MR) is 118 cm³/mol. The number of benzene rings is 1. The Morgan fingerprint density at radius 3 is 2.97 bits per heavy atom. The van der Waals surface area contributed by atoms with Gasteiger partial charge in [-0.1, -0.05) is 18.2 Å². The third kappa shape index (κ3) is 4.76. The van der Waals surface area contributed by atoms with Gasteiger partial charge in [0.05, 0.1) is 36.2 Å². The third-order valence-electron chi connectivity index (χ3n) is 5.65. The lowest BCUT2D eigenvalue weighted by atomic mass is 10.0. The van der Waals surface area contributed by atoms with Crippen LogP contribution in [0.5, 0.6) is 0 Å². The molecule has 1 atom stereocenters. The highest BCUT2D eigenvalue weighted by molar-refractivity contribution is 6.06. The van der Waals surface area contributed by atoms with Crippen LogP contribution < -0.4 is 0 Å². The highest BCUT2D eigenvalue weighted by Crippen LogP contribution is 2.27. The molecule has 0 radical (unpaired) electrons. The van der Waals surface area contributed by atoms with E-state index in [0.717, 1.165) is 36.2 Å². The molecule has 0 spiro atoms. The zero-order valence-electron chi connectivity index (χ0n) is 18.1. The van der Waals surface area contributed by atoms with Gasteiger partial charge in [-0.25, -0.2) is 4.98 Å². The second-order valence-electron chi connectivity index (χ2n) is 7.86. The normalized spacial score (nSPS) is 17.2. The van der Waals surface area contributed by atoms with Gasteiger partial charge in [0.2, 0.25) is 0 Å². The fraction of sp³-hybridized carbons (Fsp3) is 0.435. The van der Waals surface area contributed by atoms with Gasteiger partial charge < -0.3 is 14.7 Å². The second kappa shape index (κ2) is 9.55. The van der Waals surface area contributed by atoms with E-state index in [0.29, 0.717) is 18.7 Å². The van der Waals surface area contributed by atoms with Gasteiger partial charge in [-0.05, 0) is 19.1 Å². The molecule has 1 aliphatic rings. The van der Waals surface area contributed by atoms with Crippen LogP contribution in [0.1, 0.15) is 34.6 Å². The number of aromatic nitrogens is 3. The monoisotopic (exact) mass is 423 g/mol. The Kier molecular flexibility index (Phi) is 6.60. The van der Waals surface area contributed by atoms with Gasteiger partial charge in [-0.2, -0.15) is 5.10 Å². The molecule has 0 aliphatic carbocycles. The summed E-state index contributed by atoms with van der Waals surface area (Å²) in [5.74, 6) is -0.131. The molecule has 1 fully saturated rings. The van der Waals surface area contributed by atoms with Gasteiger partial charge in [-0.15, -0.1) is 0 Å². The van der Waals surface area contributed by atoms with Crippen molar-refractivity contribution in [1.29, 1.82) is 0 Å². The Bertz CT molecular complexity index is 1050. The third-order valence-corrected chi connectivity index (χ3v) is 5.65. The lowest BCUT2D eigenvalue weighted by molar-refractivity contribution is -0.0348. The number of fused-ring (bicyclic) bond motifs is 1. The van der Waals surface area contributed by atoms with Crippen molar-refractivity contribution >= 4 is 16.8 Å². The number of amides is 1. The molecule has 1 N–H and O–H groups in total. The van der Waals surface area contributed by atoms with Crippen LogP contribution in [0.15, 0.2) is 42.7 Å². The van der Waals surface area contributed by atoms with E-state index in [2.05, 4.69) is 23.1 Å². The molecule has 8 heteroatoms. The number of morpholine rings is 1. The number of pyridine rings is 1. The summed E-state index contributed by atoms with van der Waals surface area (Å²) in [6.07, 6.45) is 3.77. The molecule has 1 aliphatic heterocycles. The van der Waals surface area contributed by atoms with E-state index in [-0.39, 0.29) is 25.2 Å². The smallest absolute Gasteiger partial charge is 0.254 e. The number of ether oxygens (including phenoxy) is 1. The Morgan fingerprint density at radius 2 is 2.19 bits per heavy atom. The Hall–Kier alpha value is -2.81. The summed E-state index contributed by atoms with van der Waals surface area (Å²) in [7, 11) is 1.70. The number of likely N-dealkylation sites (N-methyl/N-ethyl adjacent to an activating group) is 1. The quantitative estimate of drug-likeness (QED) is 0.627. The summed E-state index contributed by atoms with van der Waals surface area (Å²) in [5, 5.41) is 14.4. The molecule has 3 heterocycles. The Labute approximate surface area is 182 Å². The highest BCUT2D eigenvalue weighted by Gasteiger charge is 2.26. The molecule has 3 aromatic rings. The number of aliphatic hydroxyl groups excluding tert-OH is 1. The van der Waals surface area contributed by atoms with E-state index < -0.39 is 0 Å². The second-order valence-corrected chi connectivity index (χ2v) is 7.86. The van der Waals surface area contributed by atoms with Crippen molar-refractivity contribution in [3.05, 3.63) is 59.5 Å². The maximum atomic E-state index is 13.0. The first-order valence-corrected chi connectivity index (χ1v) is 10.7. The Balaban J connectivity index is 1.60. The van der Waals surface area contributed by atoms with Crippen LogP contribution in [0, 0.1) is 0 Å². The van der Waals surface area contributed by atoms with Crippen LogP contribution in [0.3, 0.4) is 0 Å². The van der Waals surface area contributed by atoms with E-state index in [4.69, 9.17) is 9.72 Å². The van der Waals surface area contributed by atoms with E-state index in [1.165, 1.54) is 10.5 Å². The molecule has 1 saturated heterocycles. The fourth-order valence-electron chi connectivity index (χ4n) is 3.94. The van der Waals surface area contributed by atoms with Crippen LogP contribution in [-0.4, -0.2) is 75.5 Å². The minimum Gasteiger partial charge on any atom is -0.395 e. The first-order valence-electron chi connectivity index (χ1n) is 10.7. The van der Waals surface area contributed by atoms with Crippen molar-refractivity contribution < 1.29 is 14.6 Å². The van der Waals surface area contributed by atoms with Crippen LogP contribution in [-0.2, 0) is 17.8 Å². The number of carbonyl (C=O) groups excluding carboxylic acids is 1. The van der Waals surface area contributed by atoms with Gasteiger partial charge >= 0.3 is 0 Å². The molecule has 0 bridgehead atoms. The number of nitrogens with zero attached hydrogens (tertiary/aromatic N) is 5. The van der Waals surface area contributed by atoms with E-state index in [1.54, 1.807) is 7.05 Å². The van der Waals surface area contributed by atoms with Crippen LogP contribution in [0.4, 0.5) is 0 Å². The topological polar surface area (TPSA) is 83.7 Å². The maximum Gasteiger partial charge on any atom is 0.254 e. The number of carbonyl (C=O) groups is 1. The Morgan fingerprint density at radius 1 is 1.35 bits per heavy atom. The number of aryl methyl sites for hydroxylation is 1. The van der Waals surface area contributed by atoms with Crippen molar-refractivity contribution in [3.63, 3.8) is 0 Å². The number of para-hydroxylation sites is 1. The van der Waals surface area contributed by atoms with Gasteiger partial charge in [0.25, 0.3) is 5.91 Å². The van der Waals surface area contributed by atoms with Crippen LogP contribution in [0.2, 0.25) is 0 Å². The molecule has 31 heavy (non-hydrogen) atoms. The van der Waals surface area contributed by atoms with Gasteiger partial charge in [0.15, 0.2) is 0 Å².